The second-order valence-corrected chi connectivity index (χ2v) is 7.24. The lowest BCUT2D eigenvalue weighted by Crippen LogP contribution is -2.20. The van der Waals surface area contributed by atoms with Crippen molar-refractivity contribution in [3.05, 3.63) is 50.1 Å². The zero-order valence-corrected chi connectivity index (χ0v) is 14.0. The molecule has 2 aromatic rings. The Morgan fingerprint density at radius 1 is 1.24 bits per heavy atom. The van der Waals surface area contributed by atoms with Crippen LogP contribution in [0.3, 0.4) is 0 Å². The number of thiophene rings is 1. The van der Waals surface area contributed by atoms with Crippen LogP contribution in [0.25, 0.3) is 0 Å². The summed E-state index contributed by atoms with van der Waals surface area (Å²) in [5.74, 6) is 0. The van der Waals surface area contributed by atoms with Crippen LogP contribution in [0.2, 0.25) is 0 Å². The van der Waals surface area contributed by atoms with Gasteiger partial charge >= 0.3 is 6.18 Å². The van der Waals surface area contributed by atoms with Gasteiger partial charge in [0.25, 0.3) is 0 Å². The Balaban J connectivity index is 2.16. The molecule has 114 valence electrons. The number of aryl methyl sites for hydroxylation is 1. The Morgan fingerprint density at radius 3 is 2.52 bits per heavy atom. The Hall–Kier alpha value is -1.01. The fourth-order valence-electron chi connectivity index (χ4n) is 2.10. The van der Waals surface area contributed by atoms with Crippen molar-refractivity contribution in [2.75, 3.05) is 5.32 Å². The zero-order valence-electron chi connectivity index (χ0n) is 11.6. The van der Waals surface area contributed by atoms with Crippen LogP contribution < -0.4 is 5.32 Å². The molecular formula is C15H15BrF3NS. The minimum Gasteiger partial charge on any atom is -0.382 e. The quantitative estimate of drug-likeness (QED) is 0.701. The number of nitrogens with one attached hydrogen (secondary N) is 1. The summed E-state index contributed by atoms with van der Waals surface area (Å²) in [7, 11) is 0. The van der Waals surface area contributed by atoms with Crippen molar-refractivity contribution < 1.29 is 13.2 Å². The van der Waals surface area contributed by atoms with Crippen molar-refractivity contribution in [1.82, 2.24) is 0 Å². The Morgan fingerprint density at radius 2 is 1.95 bits per heavy atom. The number of halogens is 4. The fourth-order valence-corrected chi connectivity index (χ4v) is 3.48. The molecule has 21 heavy (non-hydrogen) atoms. The number of alkyl halides is 3. The number of hydrogen-bond acceptors (Lipinski definition) is 2. The van der Waals surface area contributed by atoms with Crippen LogP contribution in [-0.2, 0) is 12.6 Å². The van der Waals surface area contributed by atoms with E-state index in [-0.39, 0.29) is 11.7 Å². The highest BCUT2D eigenvalue weighted by molar-refractivity contribution is 9.10. The molecule has 0 aliphatic rings. The third-order valence-corrected chi connectivity index (χ3v) is 4.51. The number of rotatable bonds is 4. The lowest BCUT2D eigenvalue weighted by atomic mass is 10.1. The topological polar surface area (TPSA) is 12.0 Å². The molecule has 0 amide bonds. The van der Waals surface area contributed by atoms with Gasteiger partial charge in [-0.15, -0.1) is 11.3 Å². The summed E-state index contributed by atoms with van der Waals surface area (Å²) in [5, 5.41) is 2.97. The molecule has 0 fully saturated rings. The molecule has 1 atom stereocenters. The van der Waals surface area contributed by atoms with Gasteiger partial charge in [0.2, 0.25) is 0 Å². The van der Waals surface area contributed by atoms with Crippen LogP contribution in [0.4, 0.5) is 18.9 Å². The molecule has 1 aromatic carbocycles. The molecule has 0 saturated heterocycles. The highest BCUT2D eigenvalue weighted by Crippen LogP contribution is 2.36. The van der Waals surface area contributed by atoms with Gasteiger partial charge in [-0.3, -0.25) is 0 Å². The first-order valence-electron chi connectivity index (χ1n) is 6.44. The van der Waals surface area contributed by atoms with Gasteiger partial charge in [0.1, 0.15) is 0 Å². The van der Waals surface area contributed by atoms with Gasteiger partial charge in [0.05, 0.1) is 5.56 Å². The van der Waals surface area contributed by atoms with Crippen LogP contribution in [0.5, 0.6) is 0 Å². The molecule has 0 aliphatic carbocycles. The molecule has 1 unspecified atom stereocenters. The second-order valence-electron chi connectivity index (χ2n) is 4.95. The van der Waals surface area contributed by atoms with Crippen LogP contribution in [0.1, 0.15) is 22.2 Å². The van der Waals surface area contributed by atoms with E-state index in [1.54, 1.807) is 11.3 Å². The molecule has 0 radical (unpaired) electrons. The molecule has 1 heterocycles. The van der Waals surface area contributed by atoms with E-state index in [9.17, 15) is 13.2 Å². The maximum Gasteiger partial charge on any atom is 0.418 e. The van der Waals surface area contributed by atoms with Gasteiger partial charge in [-0.2, -0.15) is 13.2 Å². The first-order chi connectivity index (χ1) is 9.75. The van der Waals surface area contributed by atoms with E-state index in [1.165, 1.54) is 17.0 Å². The largest absolute Gasteiger partial charge is 0.418 e. The van der Waals surface area contributed by atoms with Gasteiger partial charge in [-0.1, -0.05) is 15.9 Å². The summed E-state index contributed by atoms with van der Waals surface area (Å²) < 4.78 is 39.6. The first-order valence-corrected chi connectivity index (χ1v) is 8.05. The molecule has 0 bridgehead atoms. The van der Waals surface area contributed by atoms with Crippen LogP contribution in [-0.4, -0.2) is 6.04 Å². The summed E-state index contributed by atoms with van der Waals surface area (Å²) in [6.07, 6.45) is -3.66. The van der Waals surface area contributed by atoms with Crippen molar-refractivity contribution >= 4 is 33.0 Å². The van der Waals surface area contributed by atoms with Gasteiger partial charge in [0.15, 0.2) is 0 Å². The summed E-state index contributed by atoms with van der Waals surface area (Å²) in [6, 6.07) is 7.92. The molecule has 0 aliphatic heterocycles. The zero-order chi connectivity index (χ0) is 15.6. The minimum atomic E-state index is -4.36. The molecule has 1 nitrogen and oxygen atoms in total. The van der Waals surface area contributed by atoms with E-state index in [0.29, 0.717) is 10.9 Å². The normalized spacial score (nSPS) is 13.2. The minimum absolute atomic E-state index is 0.0848. The third kappa shape index (κ3) is 4.48. The van der Waals surface area contributed by atoms with E-state index < -0.39 is 11.7 Å². The maximum absolute atomic E-state index is 13.0. The second kappa shape index (κ2) is 6.40. The van der Waals surface area contributed by atoms with Gasteiger partial charge in [-0.05, 0) is 44.2 Å². The molecular weight excluding hydrogens is 363 g/mol. The predicted molar refractivity (Wildman–Crippen MR) is 85.0 cm³/mol. The van der Waals surface area contributed by atoms with Crippen molar-refractivity contribution in [2.45, 2.75) is 32.5 Å². The highest BCUT2D eigenvalue weighted by Gasteiger charge is 2.33. The van der Waals surface area contributed by atoms with E-state index in [4.69, 9.17) is 0 Å². The van der Waals surface area contributed by atoms with Crippen LogP contribution in [0.15, 0.2) is 34.8 Å². The first kappa shape index (κ1) is 16.4. The van der Waals surface area contributed by atoms with Gasteiger partial charge < -0.3 is 5.32 Å². The van der Waals surface area contributed by atoms with Crippen molar-refractivity contribution in [3.63, 3.8) is 0 Å². The third-order valence-electron chi connectivity index (χ3n) is 2.99. The Kier molecular flexibility index (Phi) is 4.99. The van der Waals surface area contributed by atoms with Crippen molar-refractivity contribution in [2.24, 2.45) is 0 Å². The summed E-state index contributed by atoms with van der Waals surface area (Å²) in [6.45, 7) is 3.90. The standard InChI is InChI=1S/C15H15BrF3NS/c1-9(7-12-5-3-10(2)21-12)20-14-8-11(16)4-6-13(14)15(17,18)19/h3-6,8-9,20H,7H2,1-2H3. The SMILES string of the molecule is Cc1ccc(CC(C)Nc2cc(Br)ccc2C(F)(F)F)s1. The Labute approximate surface area is 134 Å². The van der Waals surface area contributed by atoms with Crippen LogP contribution in [0, 0.1) is 6.92 Å². The van der Waals surface area contributed by atoms with Gasteiger partial charge in [0, 0.05) is 32.4 Å². The van der Waals surface area contributed by atoms with Crippen molar-refractivity contribution in [1.29, 1.82) is 0 Å². The van der Waals surface area contributed by atoms with Crippen LogP contribution >= 0.6 is 27.3 Å². The number of hydrogen-bond donors (Lipinski definition) is 1. The summed E-state index contributed by atoms with van der Waals surface area (Å²) in [5.41, 5.74) is -0.530. The van der Waals surface area contributed by atoms with Crippen molar-refractivity contribution in [3.8, 4) is 0 Å². The predicted octanol–water partition coefficient (Wildman–Crippen LogP) is 5.88. The van der Waals surface area contributed by atoms with E-state index in [0.717, 1.165) is 10.9 Å². The highest BCUT2D eigenvalue weighted by atomic mass is 79.9. The summed E-state index contributed by atoms with van der Waals surface area (Å²) in [4.78, 5) is 2.37. The Bertz CT molecular complexity index is 622. The maximum atomic E-state index is 13.0. The molecule has 1 aromatic heterocycles. The average molecular weight is 378 g/mol. The molecule has 1 N–H and O–H groups in total. The number of anilines is 1. The van der Waals surface area contributed by atoms with E-state index >= 15 is 0 Å². The molecule has 0 saturated carbocycles. The van der Waals surface area contributed by atoms with E-state index in [1.807, 2.05) is 26.0 Å². The molecule has 2 rings (SSSR count). The fraction of sp³-hybridized carbons (Fsp3) is 0.333. The smallest absolute Gasteiger partial charge is 0.382 e. The summed E-state index contributed by atoms with van der Waals surface area (Å²) >= 11 is 4.89. The molecule has 0 spiro atoms. The lowest BCUT2D eigenvalue weighted by molar-refractivity contribution is -0.137. The van der Waals surface area contributed by atoms with E-state index in [2.05, 4.69) is 21.2 Å². The lowest BCUT2D eigenvalue weighted by Gasteiger charge is -2.19. The number of benzene rings is 1. The molecule has 6 heteroatoms. The average Bonchev–Trinajstić information content (AvgIpc) is 2.72. The monoisotopic (exact) mass is 377 g/mol. The van der Waals surface area contributed by atoms with Gasteiger partial charge in [-0.25, -0.2) is 0 Å².